The standard InChI is InChI=1S/C24H32N4O3/c1-14-8-9-21(15(2)25-14)31-22-11-17-13-28(12-16(17)10-20(22)29)24(30)23-18-6-4-5-7-19(18)26-27(23)3/h8-9,16-17,20,22,29H,4-7,10-13H2,1-3H3/t16-,17+,20+,22+/m0/s1. The van der Waals surface area contributed by atoms with Gasteiger partial charge < -0.3 is 14.7 Å². The van der Waals surface area contributed by atoms with Crippen molar-refractivity contribution in [1.29, 1.82) is 0 Å². The number of pyridine rings is 1. The first-order chi connectivity index (χ1) is 14.9. The maximum absolute atomic E-state index is 13.4. The summed E-state index contributed by atoms with van der Waals surface area (Å²) in [7, 11) is 1.89. The fraction of sp³-hybridized carbons (Fsp3) is 0.625. The highest BCUT2D eigenvalue weighted by atomic mass is 16.5. The molecule has 3 heterocycles. The first kappa shape index (κ1) is 20.5. The summed E-state index contributed by atoms with van der Waals surface area (Å²) in [5.41, 5.74) is 4.81. The number of ether oxygens (including phenoxy) is 1. The molecule has 4 atom stereocenters. The number of rotatable bonds is 3. The van der Waals surface area contributed by atoms with Gasteiger partial charge in [-0.25, -0.2) is 0 Å². The molecule has 0 aromatic carbocycles. The second-order valence-electron chi connectivity index (χ2n) is 9.57. The van der Waals surface area contributed by atoms with Gasteiger partial charge in [0.05, 0.1) is 17.5 Å². The maximum atomic E-state index is 13.4. The number of carbonyl (C=O) groups excluding carboxylic acids is 1. The second kappa shape index (κ2) is 7.93. The monoisotopic (exact) mass is 424 g/mol. The van der Waals surface area contributed by atoms with Gasteiger partial charge >= 0.3 is 0 Å². The van der Waals surface area contributed by atoms with E-state index in [1.807, 2.05) is 37.9 Å². The van der Waals surface area contributed by atoms with Crippen LogP contribution in [-0.4, -0.2) is 56.0 Å². The van der Waals surface area contributed by atoms with Gasteiger partial charge in [0.1, 0.15) is 17.5 Å². The second-order valence-corrected chi connectivity index (χ2v) is 9.57. The largest absolute Gasteiger partial charge is 0.486 e. The van der Waals surface area contributed by atoms with Crippen molar-refractivity contribution >= 4 is 5.91 Å². The summed E-state index contributed by atoms with van der Waals surface area (Å²) in [6, 6.07) is 3.87. The predicted molar refractivity (Wildman–Crippen MR) is 116 cm³/mol. The number of nitrogens with zero attached hydrogens (tertiary/aromatic N) is 4. The average Bonchev–Trinajstić information content (AvgIpc) is 3.29. The molecule has 166 valence electrons. The van der Waals surface area contributed by atoms with Crippen LogP contribution in [-0.2, 0) is 19.9 Å². The Labute approximate surface area is 183 Å². The van der Waals surface area contributed by atoms with Crippen LogP contribution in [0, 0.1) is 25.7 Å². The van der Waals surface area contributed by atoms with Gasteiger partial charge in [-0.1, -0.05) is 0 Å². The molecule has 1 amide bonds. The molecule has 2 aromatic heterocycles. The molecule has 0 bridgehead atoms. The molecule has 2 aromatic rings. The Morgan fingerprint density at radius 3 is 2.65 bits per heavy atom. The van der Waals surface area contributed by atoms with E-state index in [0.29, 0.717) is 24.8 Å². The van der Waals surface area contributed by atoms with Crippen LogP contribution in [0.25, 0.3) is 0 Å². The Morgan fingerprint density at radius 1 is 1.13 bits per heavy atom. The quantitative estimate of drug-likeness (QED) is 0.819. The molecule has 7 heteroatoms. The zero-order valence-corrected chi connectivity index (χ0v) is 18.7. The molecule has 0 spiro atoms. The van der Waals surface area contributed by atoms with E-state index in [4.69, 9.17) is 4.74 Å². The molecule has 3 aliphatic rings. The SMILES string of the molecule is Cc1ccc(O[C@@H]2C[C@@H]3CN(C(=O)c4c5c(nn4C)CCCC5)C[C@@H]3C[C@H]2O)c(C)n1. The lowest BCUT2D eigenvalue weighted by atomic mass is 9.78. The number of aryl methyl sites for hydroxylation is 4. The van der Waals surface area contributed by atoms with Crippen LogP contribution < -0.4 is 4.74 Å². The molecular formula is C24H32N4O3. The van der Waals surface area contributed by atoms with Gasteiger partial charge in [0.2, 0.25) is 0 Å². The third-order valence-electron chi connectivity index (χ3n) is 7.35. The summed E-state index contributed by atoms with van der Waals surface area (Å²) < 4.78 is 7.98. The molecule has 1 saturated heterocycles. The first-order valence-corrected chi connectivity index (χ1v) is 11.5. The van der Waals surface area contributed by atoms with E-state index >= 15 is 0 Å². The zero-order valence-electron chi connectivity index (χ0n) is 18.7. The van der Waals surface area contributed by atoms with Crippen molar-refractivity contribution < 1.29 is 14.6 Å². The van der Waals surface area contributed by atoms with Crippen LogP contribution in [0.15, 0.2) is 12.1 Å². The minimum atomic E-state index is -0.526. The number of aliphatic hydroxyl groups is 1. The van der Waals surface area contributed by atoms with Crippen molar-refractivity contribution in [3.63, 3.8) is 0 Å². The van der Waals surface area contributed by atoms with Gasteiger partial charge in [0.25, 0.3) is 5.91 Å². The smallest absolute Gasteiger partial charge is 0.272 e. The van der Waals surface area contributed by atoms with E-state index in [0.717, 1.165) is 72.7 Å². The van der Waals surface area contributed by atoms with Crippen molar-refractivity contribution in [1.82, 2.24) is 19.7 Å². The molecular weight excluding hydrogens is 392 g/mol. The van der Waals surface area contributed by atoms with E-state index in [2.05, 4.69) is 10.1 Å². The normalized spacial score (nSPS) is 27.7. The lowest BCUT2D eigenvalue weighted by molar-refractivity contribution is -0.0236. The van der Waals surface area contributed by atoms with Crippen molar-refractivity contribution in [2.75, 3.05) is 13.1 Å². The summed E-state index contributed by atoms with van der Waals surface area (Å²) in [4.78, 5) is 19.9. The number of aliphatic hydroxyl groups excluding tert-OH is 1. The Morgan fingerprint density at radius 2 is 1.87 bits per heavy atom. The number of amides is 1. The van der Waals surface area contributed by atoms with Gasteiger partial charge in [0, 0.05) is 31.4 Å². The van der Waals surface area contributed by atoms with Crippen molar-refractivity contribution in [2.45, 2.75) is 64.6 Å². The van der Waals surface area contributed by atoms with E-state index in [1.54, 1.807) is 4.68 Å². The number of hydrogen-bond donors (Lipinski definition) is 1. The lowest BCUT2D eigenvalue weighted by Crippen LogP contribution is -2.42. The van der Waals surface area contributed by atoms with Gasteiger partial charge in [0.15, 0.2) is 0 Å². The third kappa shape index (κ3) is 3.73. The van der Waals surface area contributed by atoms with Gasteiger partial charge in [-0.2, -0.15) is 5.10 Å². The topological polar surface area (TPSA) is 80.5 Å². The van der Waals surface area contributed by atoms with Crippen LogP contribution in [0.5, 0.6) is 5.75 Å². The highest BCUT2D eigenvalue weighted by Gasteiger charge is 2.45. The molecule has 31 heavy (non-hydrogen) atoms. The molecule has 2 fully saturated rings. The van der Waals surface area contributed by atoms with Crippen LogP contribution in [0.4, 0.5) is 0 Å². The van der Waals surface area contributed by atoms with Gasteiger partial charge in [-0.05, 0) is 76.3 Å². The highest BCUT2D eigenvalue weighted by molar-refractivity contribution is 5.94. The van der Waals surface area contributed by atoms with Crippen LogP contribution >= 0.6 is 0 Å². The van der Waals surface area contributed by atoms with Crippen molar-refractivity contribution in [2.24, 2.45) is 18.9 Å². The average molecular weight is 425 g/mol. The van der Waals surface area contributed by atoms with Crippen molar-refractivity contribution in [3.8, 4) is 5.75 Å². The molecule has 2 aliphatic carbocycles. The number of hydrogen-bond acceptors (Lipinski definition) is 5. The van der Waals surface area contributed by atoms with Crippen LogP contribution in [0.2, 0.25) is 0 Å². The van der Waals surface area contributed by atoms with Crippen molar-refractivity contribution in [3.05, 3.63) is 40.5 Å². The Hall–Kier alpha value is -2.41. The molecule has 7 nitrogen and oxygen atoms in total. The van der Waals surface area contributed by atoms with E-state index in [1.165, 1.54) is 0 Å². The molecule has 0 unspecified atom stereocenters. The van der Waals surface area contributed by atoms with E-state index in [9.17, 15) is 9.90 Å². The summed E-state index contributed by atoms with van der Waals surface area (Å²) in [5.74, 6) is 1.50. The summed E-state index contributed by atoms with van der Waals surface area (Å²) in [5, 5.41) is 15.4. The Kier molecular flexibility index (Phi) is 5.24. The molecule has 1 saturated carbocycles. The first-order valence-electron chi connectivity index (χ1n) is 11.5. The molecule has 1 N–H and O–H groups in total. The summed E-state index contributed by atoms with van der Waals surface area (Å²) in [6.45, 7) is 5.32. The highest BCUT2D eigenvalue weighted by Crippen LogP contribution is 2.39. The van der Waals surface area contributed by atoms with E-state index < -0.39 is 6.10 Å². The number of carbonyl (C=O) groups is 1. The predicted octanol–water partition coefficient (Wildman–Crippen LogP) is 2.60. The third-order valence-corrected chi connectivity index (χ3v) is 7.35. The summed E-state index contributed by atoms with van der Waals surface area (Å²) in [6.07, 6.45) is 4.84. The maximum Gasteiger partial charge on any atom is 0.272 e. The lowest BCUT2D eigenvalue weighted by Gasteiger charge is -2.35. The fourth-order valence-corrected chi connectivity index (χ4v) is 5.74. The number of likely N-dealkylation sites (tertiary alicyclic amines) is 1. The minimum absolute atomic E-state index is 0.0955. The molecule has 1 aliphatic heterocycles. The number of fused-ring (bicyclic) bond motifs is 2. The summed E-state index contributed by atoms with van der Waals surface area (Å²) >= 11 is 0. The number of aromatic nitrogens is 3. The van der Waals surface area contributed by atoms with Gasteiger partial charge in [-0.15, -0.1) is 0 Å². The van der Waals surface area contributed by atoms with Crippen LogP contribution in [0.3, 0.4) is 0 Å². The van der Waals surface area contributed by atoms with Crippen LogP contribution in [0.1, 0.15) is 58.8 Å². The van der Waals surface area contributed by atoms with Gasteiger partial charge in [-0.3, -0.25) is 14.5 Å². The molecule has 5 rings (SSSR count). The Bertz CT molecular complexity index is 1000. The fourth-order valence-electron chi connectivity index (χ4n) is 5.74. The Balaban J connectivity index is 1.30. The zero-order chi connectivity index (χ0) is 21.7. The molecule has 0 radical (unpaired) electrons. The minimum Gasteiger partial charge on any atom is -0.486 e. The van der Waals surface area contributed by atoms with E-state index in [-0.39, 0.29) is 12.0 Å².